The van der Waals surface area contributed by atoms with Crippen molar-refractivity contribution in [3.63, 3.8) is 0 Å². The number of amides is 1. The Morgan fingerprint density at radius 3 is 2.85 bits per heavy atom. The summed E-state index contributed by atoms with van der Waals surface area (Å²) in [5.74, 6) is 0.202. The summed E-state index contributed by atoms with van der Waals surface area (Å²) in [6, 6.07) is 0.383. The van der Waals surface area contributed by atoms with Crippen LogP contribution in [0.3, 0.4) is 0 Å². The van der Waals surface area contributed by atoms with E-state index in [1.807, 2.05) is 25.3 Å². The van der Waals surface area contributed by atoms with Gasteiger partial charge in [-0.05, 0) is 19.3 Å². The second kappa shape index (κ2) is 5.22. The molecule has 0 aromatic heterocycles. The summed E-state index contributed by atoms with van der Waals surface area (Å²) >= 11 is 0. The van der Waals surface area contributed by atoms with Crippen LogP contribution in [0.25, 0.3) is 0 Å². The zero-order chi connectivity index (χ0) is 9.68. The van der Waals surface area contributed by atoms with Gasteiger partial charge >= 0.3 is 0 Å². The number of likely N-dealkylation sites (tertiary alicyclic amines) is 1. The molecule has 1 saturated heterocycles. The van der Waals surface area contributed by atoms with Crippen molar-refractivity contribution in [2.75, 3.05) is 13.1 Å². The maximum Gasteiger partial charge on any atom is 0.236 e. The van der Waals surface area contributed by atoms with Crippen molar-refractivity contribution < 1.29 is 4.79 Å². The van der Waals surface area contributed by atoms with Gasteiger partial charge in [-0.2, -0.15) is 0 Å². The van der Waals surface area contributed by atoms with Gasteiger partial charge in [0.2, 0.25) is 5.91 Å². The Morgan fingerprint density at radius 2 is 2.31 bits per heavy atom. The van der Waals surface area contributed by atoms with Crippen LogP contribution < -0.4 is 5.32 Å². The first-order valence-corrected chi connectivity index (χ1v) is 5.06. The lowest BCUT2D eigenvalue weighted by molar-refractivity contribution is -0.129. The molecule has 1 amide bonds. The number of nitrogens with zero attached hydrogens (tertiary/aromatic N) is 1. The molecule has 1 N–H and O–H groups in total. The highest BCUT2D eigenvalue weighted by atomic mass is 16.2. The standard InChI is InChI=1S/C10H19N2O/c1-9(2)11-8-10(13)12-6-4-3-5-7-12/h6,9,11H,3-5,7-8H2,1-2H3. The lowest BCUT2D eigenvalue weighted by Gasteiger charge is -2.26. The van der Waals surface area contributed by atoms with Crippen LogP contribution in [0.1, 0.15) is 33.1 Å². The van der Waals surface area contributed by atoms with Crippen LogP contribution in [0.2, 0.25) is 0 Å². The van der Waals surface area contributed by atoms with Crippen LogP contribution in [0.4, 0.5) is 0 Å². The first-order valence-electron chi connectivity index (χ1n) is 5.06. The number of rotatable bonds is 3. The zero-order valence-corrected chi connectivity index (χ0v) is 8.55. The Hall–Kier alpha value is -0.570. The molecule has 75 valence electrons. The van der Waals surface area contributed by atoms with E-state index in [9.17, 15) is 4.79 Å². The van der Waals surface area contributed by atoms with Crippen molar-refractivity contribution in [2.24, 2.45) is 0 Å². The van der Waals surface area contributed by atoms with E-state index in [-0.39, 0.29) is 5.91 Å². The van der Waals surface area contributed by atoms with Crippen molar-refractivity contribution in [2.45, 2.75) is 39.2 Å². The minimum atomic E-state index is 0.202. The fraction of sp³-hybridized carbons (Fsp3) is 0.800. The maximum absolute atomic E-state index is 11.5. The van der Waals surface area contributed by atoms with Crippen molar-refractivity contribution in [3.05, 3.63) is 6.54 Å². The smallest absolute Gasteiger partial charge is 0.236 e. The van der Waals surface area contributed by atoms with Crippen molar-refractivity contribution in [1.29, 1.82) is 0 Å². The quantitative estimate of drug-likeness (QED) is 0.712. The summed E-state index contributed by atoms with van der Waals surface area (Å²) in [5, 5.41) is 3.13. The van der Waals surface area contributed by atoms with E-state index in [2.05, 4.69) is 5.32 Å². The molecule has 0 unspecified atom stereocenters. The summed E-state index contributed by atoms with van der Waals surface area (Å²) in [6.45, 7) is 7.49. The molecule has 0 spiro atoms. The molecule has 13 heavy (non-hydrogen) atoms. The highest BCUT2D eigenvalue weighted by molar-refractivity contribution is 5.79. The Bertz CT molecular complexity index is 162. The number of carbonyl (C=O) groups is 1. The molecule has 0 aliphatic carbocycles. The molecule has 0 bridgehead atoms. The largest absolute Gasteiger partial charge is 0.337 e. The van der Waals surface area contributed by atoms with E-state index < -0.39 is 0 Å². The number of piperidine rings is 1. The average molecular weight is 183 g/mol. The van der Waals surface area contributed by atoms with E-state index in [0.717, 1.165) is 19.4 Å². The fourth-order valence-electron chi connectivity index (χ4n) is 1.38. The Kier molecular flexibility index (Phi) is 4.22. The summed E-state index contributed by atoms with van der Waals surface area (Å²) in [7, 11) is 0. The summed E-state index contributed by atoms with van der Waals surface area (Å²) in [5.41, 5.74) is 0. The van der Waals surface area contributed by atoms with Gasteiger partial charge in [-0.1, -0.05) is 13.8 Å². The topological polar surface area (TPSA) is 32.3 Å². The Balaban J connectivity index is 2.21. The summed E-state index contributed by atoms with van der Waals surface area (Å²) in [6.07, 6.45) is 3.42. The third kappa shape index (κ3) is 3.77. The molecular weight excluding hydrogens is 164 g/mol. The molecule has 3 heteroatoms. The van der Waals surface area contributed by atoms with E-state index in [0.29, 0.717) is 12.6 Å². The first kappa shape index (κ1) is 10.5. The molecule has 1 fully saturated rings. The van der Waals surface area contributed by atoms with Gasteiger partial charge in [0.25, 0.3) is 0 Å². The summed E-state index contributed by atoms with van der Waals surface area (Å²) < 4.78 is 0. The second-order valence-electron chi connectivity index (χ2n) is 3.80. The van der Waals surface area contributed by atoms with Gasteiger partial charge in [-0.15, -0.1) is 0 Å². The highest BCUT2D eigenvalue weighted by Crippen LogP contribution is 2.12. The maximum atomic E-state index is 11.5. The number of carbonyl (C=O) groups excluding carboxylic acids is 1. The van der Waals surface area contributed by atoms with Gasteiger partial charge in [-0.25, -0.2) is 0 Å². The molecule has 0 saturated carbocycles. The molecule has 1 rings (SSSR count). The number of hydrogen-bond acceptors (Lipinski definition) is 2. The molecule has 1 heterocycles. The van der Waals surface area contributed by atoms with Crippen LogP contribution >= 0.6 is 0 Å². The highest BCUT2D eigenvalue weighted by Gasteiger charge is 2.16. The van der Waals surface area contributed by atoms with Crippen LogP contribution in [-0.4, -0.2) is 29.9 Å². The second-order valence-corrected chi connectivity index (χ2v) is 3.80. The zero-order valence-electron chi connectivity index (χ0n) is 8.55. The van der Waals surface area contributed by atoms with Crippen molar-refractivity contribution >= 4 is 5.91 Å². The minimum Gasteiger partial charge on any atom is -0.337 e. The summed E-state index contributed by atoms with van der Waals surface area (Å²) in [4.78, 5) is 13.4. The van der Waals surface area contributed by atoms with Gasteiger partial charge in [0.1, 0.15) is 0 Å². The predicted octanol–water partition coefficient (Wildman–Crippen LogP) is 1.16. The Labute approximate surface area is 80.5 Å². The van der Waals surface area contributed by atoms with Crippen LogP contribution in [0.15, 0.2) is 0 Å². The molecular formula is C10H19N2O. The van der Waals surface area contributed by atoms with E-state index in [1.165, 1.54) is 6.42 Å². The molecule has 1 aliphatic rings. The average Bonchev–Trinajstić information content (AvgIpc) is 2.15. The van der Waals surface area contributed by atoms with Crippen LogP contribution in [0.5, 0.6) is 0 Å². The molecule has 1 aliphatic heterocycles. The number of nitrogens with one attached hydrogen (secondary N) is 1. The fourth-order valence-corrected chi connectivity index (χ4v) is 1.38. The third-order valence-electron chi connectivity index (χ3n) is 2.18. The predicted molar refractivity (Wildman–Crippen MR) is 53.0 cm³/mol. The van der Waals surface area contributed by atoms with Gasteiger partial charge in [0.05, 0.1) is 13.1 Å². The Morgan fingerprint density at radius 1 is 1.54 bits per heavy atom. The van der Waals surface area contributed by atoms with Crippen molar-refractivity contribution in [1.82, 2.24) is 10.2 Å². The molecule has 0 aromatic rings. The van der Waals surface area contributed by atoms with Gasteiger partial charge < -0.3 is 10.2 Å². The van der Waals surface area contributed by atoms with Crippen LogP contribution in [-0.2, 0) is 4.79 Å². The van der Waals surface area contributed by atoms with Gasteiger partial charge in [0, 0.05) is 12.6 Å². The van der Waals surface area contributed by atoms with Crippen LogP contribution in [0, 0.1) is 6.54 Å². The minimum absolute atomic E-state index is 0.202. The lowest BCUT2D eigenvalue weighted by atomic mass is 10.1. The molecule has 3 nitrogen and oxygen atoms in total. The molecule has 0 aromatic carbocycles. The molecule has 1 radical (unpaired) electrons. The van der Waals surface area contributed by atoms with E-state index in [4.69, 9.17) is 0 Å². The first-order chi connectivity index (χ1) is 6.20. The van der Waals surface area contributed by atoms with Crippen molar-refractivity contribution in [3.8, 4) is 0 Å². The third-order valence-corrected chi connectivity index (χ3v) is 2.18. The molecule has 0 atom stereocenters. The van der Waals surface area contributed by atoms with Gasteiger partial charge in [-0.3, -0.25) is 4.79 Å². The lowest BCUT2D eigenvalue weighted by Crippen LogP contribution is -2.40. The van der Waals surface area contributed by atoms with E-state index >= 15 is 0 Å². The SMILES string of the molecule is CC(C)NCC(=O)N1[CH]CCCC1. The number of hydrogen-bond donors (Lipinski definition) is 1. The van der Waals surface area contributed by atoms with Gasteiger partial charge in [0.15, 0.2) is 0 Å². The van der Waals surface area contributed by atoms with E-state index in [1.54, 1.807) is 0 Å². The normalized spacial score (nSPS) is 17.9. The monoisotopic (exact) mass is 183 g/mol.